The molecule has 0 radical (unpaired) electrons. The number of nitrogens with zero attached hydrogens (tertiary/aromatic N) is 1. The van der Waals surface area contributed by atoms with Crippen molar-refractivity contribution in [1.29, 1.82) is 0 Å². The molecule has 0 aliphatic carbocycles. The predicted octanol–water partition coefficient (Wildman–Crippen LogP) is 2.42. The molecule has 1 fully saturated rings. The fourth-order valence-corrected chi connectivity index (χ4v) is 3.37. The molecule has 2 atom stereocenters. The Kier molecular flexibility index (Phi) is 4.88. The molecule has 4 nitrogen and oxygen atoms in total. The van der Waals surface area contributed by atoms with Gasteiger partial charge in [-0.2, -0.15) is 0 Å². The molecule has 1 amide bonds. The van der Waals surface area contributed by atoms with Crippen LogP contribution in [-0.4, -0.2) is 35.0 Å². The van der Waals surface area contributed by atoms with Crippen molar-refractivity contribution < 1.29 is 9.90 Å². The monoisotopic (exact) mass is 318 g/mol. The van der Waals surface area contributed by atoms with Crippen molar-refractivity contribution in [1.82, 2.24) is 4.90 Å². The van der Waals surface area contributed by atoms with E-state index in [0.29, 0.717) is 19.5 Å². The molecular weight excluding hydrogens is 288 g/mol. The van der Waals surface area contributed by atoms with Gasteiger partial charge in [-0.25, -0.2) is 0 Å². The molecule has 4 heteroatoms. The van der Waals surface area contributed by atoms with E-state index in [1.54, 1.807) is 0 Å². The van der Waals surface area contributed by atoms with E-state index in [9.17, 15) is 9.90 Å². The van der Waals surface area contributed by atoms with Crippen LogP contribution in [0.4, 0.5) is 0 Å². The second kappa shape index (κ2) is 6.25. The molecule has 23 heavy (non-hydrogen) atoms. The molecule has 1 unspecified atom stereocenters. The quantitative estimate of drug-likeness (QED) is 0.899. The minimum atomic E-state index is -0.931. The highest BCUT2D eigenvalue weighted by Crippen LogP contribution is 2.46. The van der Waals surface area contributed by atoms with Crippen LogP contribution in [0.1, 0.15) is 45.2 Å². The number of aryl methyl sites for hydroxylation is 1. The smallest absolute Gasteiger partial charge is 0.239 e. The van der Waals surface area contributed by atoms with Gasteiger partial charge < -0.3 is 15.7 Å². The molecule has 0 aromatic heterocycles. The van der Waals surface area contributed by atoms with E-state index in [2.05, 4.69) is 0 Å². The summed E-state index contributed by atoms with van der Waals surface area (Å²) in [5.41, 5.74) is 6.75. The second-order valence-corrected chi connectivity index (χ2v) is 7.89. The number of carbonyl (C=O) groups excluding carboxylic acids is 1. The van der Waals surface area contributed by atoms with Crippen LogP contribution >= 0.6 is 0 Å². The summed E-state index contributed by atoms with van der Waals surface area (Å²) in [6.45, 7) is 11.0. The van der Waals surface area contributed by atoms with E-state index in [1.807, 2.05) is 63.8 Å². The first-order chi connectivity index (χ1) is 10.6. The van der Waals surface area contributed by atoms with Crippen LogP contribution in [0.25, 0.3) is 0 Å². The summed E-state index contributed by atoms with van der Waals surface area (Å²) in [6.07, 6.45) is 0.527. The Labute approximate surface area is 139 Å². The van der Waals surface area contributed by atoms with E-state index in [0.717, 1.165) is 5.56 Å². The van der Waals surface area contributed by atoms with Gasteiger partial charge in [0.15, 0.2) is 0 Å². The molecule has 1 aromatic carbocycles. The van der Waals surface area contributed by atoms with E-state index in [4.69, 9.17) is 5.73 Å². The third-order valence-electron chi connectivity index (χ3n) is 5.29. The maximum absolute atomic E-state index is 12.5. The van der Waals surface area contributed by atoms with Gasteiger partial charge >= 0.3 is 0 Å². The lowest BCUT2D eigenvalue weighted by atomic mass is 9.66. The van der Waals surface area contributed by atoms with Crippen molar-refractivity contribution in [3.63, 3.8) is 0 Å². The highest BCUT2D eigenvalue weighted by Gasteiger charge is 2.50. The summed E-state index contributed by atoms with van der Waals surface area (Å²) < 4.78 is 0. The first kappa shape index (κ1) is 18.0. The zero-order valence-corrected chi connectivity index (χ0v) is 15.0. The third kappa shape index (κ3) is 3.29. The lowest BCUT2D eigenvalue weighted by Crippen LogP contribution is -2.59. The van der Waals surface area contributed by atoms with E-state index >= 15 is 0 Å². The predicted molar refractivity (Wildman–Crippen MR) is 92.9 cm³/mol. The zero-order valence-electron chi connectivity index (χ0n) is 15.0. The van der Waals surface area contributed by atoms with Gasteiger partial charge in [-0.1, -0.05) is 57.5 Å². The Morgan fingerprint density at radius 3 is 2.30 bits per heavy atom. The van der Waals surface area contributed by atoms with Gasteiger partial charge in [0.2, 0.25) is 5.91 Å². The maximum Gasteiger partial charge on any atom is 0.239 e. The average Bonchev–Trinajstić information content (AvgIpc) is 2.49. The molecule has 1 aliphatic rings. The number of hydrogen-bond acceptors (Lipinski definition) is 3. The minimum Gasteiger partial charge on any atom is -0.384 e. The number of hydrogen-bond donors (Lipinski definition) is 2. The molecule has 3 N–H and O–H groups in total. The topological polar surface area (TPSA) is 66.6 Å². The van der Waals surface area contributed by atoms with Crippen molar-refractivity contribution in [2.24, 2.45) is 17.1 Å². The van der Waals surface area contributed by atoms with Crippen LogP contribution in [0.15, 0.2) is 24.3 Å². The number of likely N-dealkylation sites (tertiary alicyclic amines) is 1. The molecule has 0 bridgehead atoms. The fourth-order valence-electron chi connectivity index (χ4n) is 3.37. The summed E-state index contributed by atoms with van der Waals surface area (Å²) >= 11 is 0. The van der Waals surface area contributed by atoms with Crippen molar-refractivity contribution >= 4 is 5.91 Å². The molecule has 1 heterocycles. The summed E-state index contributed by atoms with van der Waals surface area (Å²) in [5, 5.41) is 11.3. The molecule has 1 aliphatic heterocycles. The van der Waals surface area contributed by atoms with Crippen molar-refractivity contribution in [2.45, 2.75) is 52.7 Å². The first-order valence-electron chi connectivity index (χ1n) is 8.42. The Morgan fingerprint density at radius 2 is 1.83 bits per heavy atom. The summed E-state index contributed by atoms with van der Waals surface area (Å²) in [6, 6.07) is 7.56. The van der Waals surface area contributed by atoms with Crippen LogP contribution in [0.5, 0.6) is 0 Å². The number of piperidine rings is 1. The lowest BCUT2D eigenvalue weighted by molar-refractivity contribution is -0.155. The molecule has 1 aromatic rings. The van der Waals surface area contributed by atoms with Gasteiger partial charge in [-0.15, -0.1) is 0 Å². The normalized spacial score (nSPS) is 25.5. The number of rotatable bonds is 3. The molecule has 128 valence electrons. The van der Waals surface area contributed by atoms with Gasteiger partial charge in [0.1, 0.15) is 0 Å². The van der Waals surface area contributed by atoms with Crippen LogP contribution in [-0.2, 0) is 10.4 Å². The standard InChI is InChI=1S/C19H30N2O2/c1-13(2)16(20)17(22)21-11-10-19(23,18(4,5)12-21)15-8-6-14(3)7-9-15/h6-9,13,16,23H,10-12,20H2,1-5H3/t16-,19?/m1/s1. The van der Waals surface area contributed by atoms with E-state index in [1.165, 1.54) is 5.56 Å². The number of benzene rings is 1. The van der Waals surface area contributed by atoms with Crippen LogP contribution in [0, 0.1) is 18.3 Å². The largest absolute Gasteiger partial charge is 0.384 e. The van der Waals surface area contributed by atoms with Crippen LogP contribution < -0.4 is 5.73 Å². The maximum atomic E-state index is 12.5. The van der Waals surface area contributed by atoms with Crippen molar-refractivity contribution in [3.8, 4) is 0 Å². The van der Waals surface area contributed by atoms with Gasteiger partial charge in [0, 0.05) is 18.5 Å². The van der Waals surface area contributed by atoms with Crippen molar-refractivity contribution in [3.05, 3.63) is 35.4 Å². The molecular formula is C19H30N2O2. The highest BCUT2D eigenvalue weighted by molar-refractivity contribution is 5.82. The van der Waals surface area contributed by atoms with Crippen LogP contribution in [0.3, 0.4) is 0 Å². The number of carbonyl (C=O) groups is 1. The second-order valence-electron chi connectivity index (χ2n) is 7.89. The fraction of sp³-hybridized carbons (Fsp3) is 0.632. The Morgan fingerprint density at radius 1 is 1.26 bits per heavy atom. The molecule has 1 saturated heterocycles. The number of nitrogens with two attached hydrogens (primary N) is 1. The Hall–Kier alpha value is -1.39. The SMILES string of the molecule is Cc1ccc(C2(O)CCN(C(=O)[C@H](N)C(C)C)CC2(C)C)cc1. The number of amides is 1. The van der Waals surface area contributed by atoms with Gasteiger partial charge in [0.25, 0.3) is 0 Å². The Bertz CT molecular complexity index is 565. The van der Waals surface area contributed by atoms with Crippen LogP contribution in [0.2, 0.25) is 0 Å². The number of aliphatic hydroxyl groups is 1. The summed E-state index contributed by atoms with van der Waals surface area (Å²) in [7, 11) is 0. The van der Waals surface area contributed by atoms with Crippen molar-refractivity contribution in [2.75, 3.05) is 13.1 Å². The molecule has 0 saturated carbocycles. The highest BCUT2D eigenvalue weighted by atomic mass is 16.3. The molecule has 0 spiro atoms. The van der Waals surface area contributed by atoms with Gasteiger partial charge in [0.05, 0.1) is 11.6 Å². The summed E-state index contributed by atoms with van der Waals surface area (Å²) in [5.74, 6) is 0.0996. The van der Waals surface area contributed by atoms with Gasteiger partial charge in [-0.3, -0.25) is 4.79 Å². The van der Waals surface area contributed by atoms with Gasteiger partial charge in [-0.05, 0) is 24.8 Å². The minimum absolute atomic E-state index is 0.0148. The first-order valence-corrected chi connectivity index (χ1v) is 8.42. The van der Waals surface area contributed by atoms with E-state index in [-0.39, 0.29) is 11.8 Å². The average molecular weight is 318 g/mol. The zero-order chi connectivity index (χ0) is 17.4. The van der Waals surface area contributed by atoms with E-state index < -0.39 is 17.1 Å². The third-order valence-corrected chi connectivity index (χ3v) is 5.29. The lowest BCUT2D eigenvalue weighted by Gasteiger charge is -2.51. The Balaban J connectivity index is 2.23. The molecule has 2 rings (SSSR count). The summed E-state index contributed by atoms with van der Waals surface area (Å²) in [4.78, 5) is 14.4.